The van der Waals surface area contributed by atoms with Gasteiger partial charge in [-0.3, -0.25) is 9.59 Å². The molecular weight excluding hydrogens is 252 g/mol. The molecule has 1 heterocycles. The molecule has 1 atom stereocenters. The Morgan fingerprint density at radius 1 is 1.39 bits per heavy atom. The number of aliphatic hydroxyl groups is 1. The summed E-state index contributed by atoms with van der Waals surface area (Å²) in [7, 11) is 0. The third-order valence-corrected chi connectivity index (χ3v) is 2.96. The van der Waals surface area contributed by atoms with Crippen LogP contribution in [0.5, 0.6) is 0 Å². The van der Waals surface area contributed by atoms with Gasteiger partial charge in [0.05, 0.1) is 6.10 Å². The average molecular weight is 270 g/mol. The highest BCUT2D eigenvalue weighted by Crippen LogP contribution is 2.18. The normalized spacial score (nSPS) is 12.2. The predicted octanol–water partition coefficient (Wildman–Crippen LogP) is 0.812. The second-order valence-electron chi connectivity index (χ2n) is 4.25. The molecule has 0 spiro atoms. The third-order valence-electron chi connectivity index (χ3n) is 2.26. The van der Waals surface area contributed by atoms with Crippen LogP contribution in [-0.4, -0.2) is 29.5 Å². The van der Waals surface area contributed by atoms with Crippen molar-refractivity contribution in [1.82, 2.24) is 10.6 Å². The highest BCUT2D eigenvalue weighted by molar-refractivity contribution is 7.07. The minimum Gasteiger partial charge on any atom is -0.388 e. The minimum atomic E-state index is -0.666. The van der Waals surface area contributed by atoms with E-state index in [4.69, 9.17) is 0 Å². The van der Waals surface area contributed by atoms with Crippen molar-refractivity contribution in [3.05, 3.63) is 22.4 Å². The van der Waals surface area contributed by atoms with Crippen LogP contribution in [0, 0.1) is 0 Å². The summed E-state index contributed by atoms with van der Waals surface area (Å²) in [5.74, 6) is -1.31. The molecule has 0 aromatic carbocycles. The van der Waals surface area contributed by atoms with E-state index in [1.54, 1.807) is 13.8 Å². The van der Waals surface area contributed by atoms with Gasteiger partial charge in [-0.05, 0) is 42.7 Å². The largest absolute Gasteiger partial charge is 0.388 e. The molecule has 6 heteroatoms. The molecule has 18 heavy (non-hydrogen) atoms. The Hall–Kier alpha value is -1.40. The van der Waals surface area contributed by atoms with E-state index in [1.165, 1.54) is 11.3 Å². The highest BCUT2D eigenvalue weighted by atomic mass is 32.1. The fraction of sp³-hybridized carbons (Fsp3) is 0.500. The SMILES string of the molecule is CC(C)NC(=O)C(=O)NCCC(O)c1ccsc1. The molecule has 1 aromatic rings. The number of rotatable bonds is 5. The third kappa shape index (κ3) is 4.85. The van der Waals surface area contributed by atoms with Crippen LogP contribution in [0.1, 0.15) is 31.9 Å². The van der Waals surface area contributed by atoms with Crippen molar-refractivity contribution in [2.45, 2.75) is 32.4 Å². The van der Waals surface area contributed by atoms with E-state index in [0.717, 1.165) is 5.56 Å². The van der Waals surface area contributed by atoms with Crippen LogP contribution in [0.3, 0.4) is 0 Å². The first-order valence-electron chi connectivity index (χ1n) is 5.79. The molecule has 0 aliphatic carbocycles. The van der Waals surface area contributed by atoms with Crippen molar-refractivity contribution >= 4 is 23.2 Å². The van der Waals surface area contributed by atoms with Crippen molar-refractivity contribution in [2.75, 3.05) is 6.54 Å². The van der Waals surface area contributed by atoms with Crippen molar-refractivity contribution < 1.29 is 14.7 Å². The van der Waals surface area contributed by atoms with Gasteiger partial charge < -0.3 is 15.7 Å². The van der Waals surface area contributed by atoms with E-state index in [9.17, 15) is 14.7 Å². The van der Waals surface area contributed by atoms with Gasteiger partial charge in [-0.25, -0.2) is 0 Å². The Kier molecular flexibility index (Phi) is 5.80. The smallest absolute Gasteiger partial charge is 0.309 e. The highest BCUT2D eigenvalue weighted by Gasteiger charge is 2.14. The molecule has 1 rings (SSSR count). The number of nitrogens with one attached hydrogen (secondary N) is 2. The molecular formula is C12H18N2O3S. The maximum Gasteiger partial charge on any atom is 0.309 e. The molecule has 0 saturated carbocycles. The number of carbonyl (C=O) groups excluding carboxylic acids is 2. The molecule has 5 nitrogen and oxygen atoms in total. The van der Waals surface area contributed by atoms with Crippen LogP contribution in [0.15, 0.2) is 16.8 Å². The van der Waals surface area contributed by atoms with Gasteiger partial charge in [0, 0.05) is 12.6 Å². The molecule has 2 amide bonds. The zero-order valence-electron chi connectivity index (χ0n) is 10.5. The van der Waals surface area contributed by atoms with E-state index in [1.807, 2.05) is 16.8 Å². The van der Waals surface area contributed by atoms with E-state index in [0.29, 0.717) is 6.42 Å². The fourth-order valence-electron chi connectivity index (χ4n) is 1.36. The van der Waals surface area contributed by atoms with Gasteiger partial charge in [-0.1, -0.05) is 0 Å². The van der Waals surface area contributed by atoms with Gasteiger partial charge in [-0.15, -0.1) is 0 Å². The van der Waals surface area contributed by atoms with Gasteiger partial charge in [0.25, 0.3) is 0 Å². The summed E-state index contributed by atoms with van der Waals surface area (Å²) < 4.78 is 0. The first-order valence-corrected chi connectivity index (χ1v) is 6.74. The molecule has 0 bridgehead atoms. The summed E-state index contributed by atoms with van der Waals surface area (Å²) in [5, 5.41) is 18.5. The van der Waals surface area contributed by atoms with Crippen molar-refractivity contribution in [2.24, 2.45) is 0 Å². The summed E-state index contributed by atoms with van der Waals surface area (Å²) in [5.41, 5.74) is 0.834. The van der Waals surface area contributed by atoms with Gasteiger partial charge in [-0.2, -0.15) is 11.3 Å². The van der Waals surface area contributed by atoms with Crippen molar-refractivity contribution in [3.8, 4) is 0 Å². The lowest BCUT2D eigenvalue weighted by Gasteiger charge is -2.11. The number of hydrogen-bond donors (Lipinski definition) is 3. The lowest BCUT2D eigenvalue weighted by Crippen LogP contribution is -2.43. The fourth-order valence-corrected chi connectivity index (χ4v) is 2.07. The second-order valence-corrected chi connectivity index (χ2v) is 5.03. The molecule has 0 fully saturated rings. The average Bonchev–Trinajstić information content (AvgIpc) is 2.81. The zero-order chi connectivity index (χ0) is 13.5. The Morgan fingerprint density at radius 2 is 2.11 bits per heavy atom. The maximum atomic E-state index is 11.3. The number of aliphatic hydroxyl groups excluding tert-OH is 1. The molecule has 1 unspecified atom stereocenters. The minimum absolute atomic E-state index is 0.0698. The first kappa shape index (κ1) is 14.7. The topological polar surface area (TPSA) is 78.4 Å². The number of carbonyl (C=O) groups is 2. The van der Waals surface area contributed by atoms with Crippen LogP contribution in [0.25, 0.3) is 0 Å². The Balaban J connectivity index is 2.25. The van der Waals surface area contributed by atoms with E-state index < -0.39 is 17.9 Å². The summed E-state index contributed by atoms with van der Waals surface area (Å²) in [4.78, 5) is 22.6. The van der Waals surface area contributed by atoms with Crippen LogP contribution in [0.4, 0.5) is 0 Å². The second kappa shape index (κ2) is 7.13. The zero-order valence-corrected chi connectivity index (χ0v) is 11.3. The van der Waals surface area contributed by atoms with Crippen LogP contribution in [0.2, 0.25) is 0 Å². The molecule has 100 valence electrons. The van der Waals surface area contributed by atoms with Crippen molar-refractivity contribution in [1.29, 1.82) is 0 Å². The number of hydrogen-bond acceptors (Lipinski definition) is 4. The maximum absolute atomic E-state index is 11.3. The standard InChI is InChI=1S/C12H18N2O3S/c1-8(2)14-12(17)11(16)13-5-3-10(15)9-4-6-18-7-9/h4,6-8,10,15H,3,5H2,1-2H3,(H,13,16)(H,14,17). The molecule has 0 saturated heterocycles. The van der Waals surface area contributed by atoms with Crippen LogP contribution >= 0.6 is 11.3 Å². The Bertz CT molecular complexity index is 390. The molecule has 1 aromatic heterocycles. The lowest BCUT2D eigenvalue weighted by molar-refractivity contribution is -0.139. The first-order chi connectivity index (χ1) is 8.50. The number of amides is 2. The molecule has 0 aliphatic rings. The van der Waals surface area contributed by atoms with Crippen LogP contribution < -0.4 is 10.6 Å². The van der Waals surface area contributed by atoms with Gasteiger partial charge >= 0.3 is 11.8 Å². The molecule has 0 aliphatic heterocycles. The Morgan fingerprint density at radius 3 is 2.67 bits per heavy atom. The number of thiophene rings is 1. The van der Waals surface area contributed by atoms with Gasteiger partial charge in [0.15, 0.2) is 0 Å². The predicted molar refractivity (Wildman–Crippen MR) is 70.2 cm³/mol. The summed E-state index contributed by atoms with van der Waals surface area (Å²) >= 11 is 1.51. The Labute approximate surface area is 110 Å². The summed E-state index contributed by atoms with van der Waals surface area (Å²) in [6.45, 7) is 3.83. The lowest BCUT2D eigenvalue weighted by atomic mass is 10.1. The summed E-state index contributed by atoms with van der Waals surface area (Å²) in [6.07, 6.45) is -0.220. The molecule has 3 N–H and O–H groups in total. The molecule has 0 radical (unpaired) electrons. The quantitative estimate of drug-likeness (QED) is 0.693. The van der Waals surface area contributed by atoms with E-state index in [-0.39, 0.29) is 12.6 Å². The van der Waals surface area contributed by atoms with Crippen molar-refractivity contribution in [3.63, 3.8) is 0 Å². The summed E-state index contributed by atoms with van der Waals surface area (Å²) in [6, 6.07) is 1.77. The monoisotopic (exact) mass is 270 g/mol. The van der Waals surface area contributed by atoms with Crippen LogP contribution in [-0.2, 0) is 9.59 Å². The van der Waals surface area contributed by atoms with E-state index in [2.05, 4.69) is 10.6 Å². The van der Waals surface area contributed by atoms with Gasteiger partial charge in [0.1, 0.15) is 0 Å². The van der Waals surface area contributed by atoms with Gasteiger partial charge in [0.2, 0.25) is 0 Å². The van der Waals surface area contributed by atoms with E-state index >= 15 is 0 Å².